The summed E-state index contributed by atoms with van der Waals surface area (Å²) in [4.78, 5) is 30.1. The molecule has 2 unspecified atom stereocenters. The fourth-order valence-electron chi connectivity index (χ4n) is 5.18. The first-order chi connectivity index (χ1) is 19.5. The number of pyridine rings is 1. The molecule has 14 heteroatoms. The lowest BCUT2D eigenvalue weighted by atomic mass is 10.1. The average Bonchev–Trinajstić information content (AvgIpc) is 3.51. The molecule has 3 aliphatic heterocycles. The van der Waals surface area contributed by atoms with Crippen LogP contribution in [0.25, 0.3) is 11.3 Å². The number of alkyl halides is 3. The first-order valence-electron chi connectivity index (χ1n) is 13.0. The lowest BCUT2D eigenvalue weighted by molar-refractivity contribution is -0.141. The zero-order valence-corrected chi connectivity index (χ0v) is 22.9. The van der Waals surface area contributed by atoms with Gasteiger partial charge in [-0.1, -0.05) is 23.7 Å². The third-order valence-electron chi connectivity index (χ3n) is 7.07. The van der Waals surface area contributed by atoms with E-state index in [1.54, 1.807) is 6.07 Å². The van der Waals surface area contributed by atoms with E-state index in [9.17, 15) is 18.0 Å². The Morgan fingerprint density at radius 3 is 2.73 bits per heavy atom. The first-order valence-corrected chi connectivity index (χ1v) is 13.3. The highest BCUT2D eigenvalue weighted by Crippen LogP contribution is 2.43. The Balaban J connectivity index is 1.21. The molecule has 5 heterocycles. The van der Waals surface area contributed by atoms with Crippen molar-refractivity contribution < 1.29 is 32.2 Å². The number of ether oxygens (including phenoxy) is 3. The van der Waals surface area contributed by atoms with E-state index in [4.69, 9.17) is 25.8 Å². The topological polar surface area (TPSA) is 102 Å². The molecule has 0 radical (unpaired) electrons. The number of hydrogen-bond acceptors (Lipinski definition) is 8. The van der Waals surface area contributed by atoms with Crippen molar-refractivity contribution >= 4 is 35.1 Å². The van der Waals surface area contributed by atoms with Gasteiger partial charge in [0.25, 0.3) is 0 Å². The van der Waals surface area contributed by atoms with Crippen LogP contribution in [-0.4, -0.2) is 65.2 Å². The minimum atomic E-state index is -4.52. The van der Waals surface area contributed by atoms with Gasteiger partial charge >= 0.3 is 12.2 Å². The standard InChI is InChI=1S/C27H26ClF3N6O4/c1-26(2)40-14-19(41-26)13-39-18-10-32-24(33-11-18)35-25(38)37-17-6-7-36(12-17)21-9-20(28)22(34-23(21)37)15-4-3-5-16(8-15)27(29,30)31/h3-5,8-11,17,19H,6-7,12-14H2,1-2H3,(H,32,33,35,38). The largest absolute Gasteiger partial charge is 0.488 e. The summed E-state index contributed by atoms with van der Waals surface area (Å²) in [6.45, 7) is 5.56. The van der Waals surface area contributed by atoms with E-state index in [2.05, 4.69) is 25.2 Å². The van der Waals surface area contributed by atoms with Crippen LogP contribution >= 0.6 is 11.6 Å². The summed E-state index contributed by atoms with van der Waals surface area (Å²) < 4.78 is 57.0. The number of benzene rings is 1. The molecule has 3 aliphatic rings. The monoisotopic (exact) mass is 590 g/mol. The van der Waals surface area contributed by atoms with Gasteiger partial charge in [0.05, 0.1) is 47.0 Å². The fraction of sp³-hybridized carbons (Fsp3) is 0.407. The number of rotatable bonds is 5. The van der Waals surface area contributed by atoms with Crippen molar-refractivity contribution in [1.82, 2.24) is 15.0 Å². The Bertz CT molecular complexity index is 1470. The number of fused-ring (bicyclic) bond motifs is 4. The van der Waals surface area contributed by atoms with Crippen molar-refractivity contribution in [2.45, 2.75) is 44.4 Å². The van der Waals surface area contributed by atoms with Crippen LogP contribution in [0.15, 0.2) is 42.7 Å². The molecule has 10 nitrogen and oxygen atoms in total. The number of hydrogen-bond donors (Lipinski definition) is 1. The number of amides is 2. The summed E-state index contributed by atoms with van der Waals surface area (Å²) in [6, 6.07) is 5.70. The zero-order chi connectivity index (χ0) is 28.9. The van der Waals surface area contributed by atoms with Gasteiger partial charge in [0, 0.05) is 18.7 Å². The Morgan fingerprint density at radius 1 is 1.24 bits per heavy atom. The highest BCUT2D eigenvalue weighted by Gasteiger charge is 2.41. The predicted octanol–water partition coefficient (Wildman–Crippen LogP) is 5.37. The van der Waals surface area contributed by atoms with Gasteiger partial charge in [0.1, 0.15) is 12.7 Å². The van der Waals surface area contributed by atoms with Gasteiger partial charge in [-0.15, -0.1) is 0 Å². The first kappa shape index (κ1) is 27.5. The Morgan fingerprint density at radius 2 is 2.02 bits per heavy atom. The number of anilines is 3. The lowest BCUT2D eigenvalue weighted by Gasteiger charge is -2.36. The Labute approximate surface area is 238 Å². The van der Waals surface area contributed by atoms with Gasteiger partial charge in [0.2, 0.25) is 5.95 Å². The summed E-state index contributed by atoms with van der Waals surface area (Å²) in [5.41, 5.74) is 0.148. The van der Waals surface area contributed by atoms with E-state index in [-0.39, 0.29) is 41.0 Å². The van der Waals surface area contributed by atoms with Crippen LogP contribution in [0.1, 0.15) is 25.8 Å². The maximum absolute atomic E-state index is 13.5. The van der Waals surface area contributed by atoms with E-state index in [0.29, 0.717) is 43.4 Å². The van der Waals surface area contributed by atoms with Crippen molar-refractivity contribution in [3.05, 3.63) is 53.3 Å². The van der Waals surface area contributed by atoms with Crippen LogP contribution < -0.4 is 19.9 Å². The summed E-state index contributed by atoms with van der Waals surface area (Å²) in [6.07, 6.45) is -1.19. The molecule has 216 valence electrons. The molecule has 2 saturated heterocycles. The van der Waals surface area contributed by atoms with Crippen molar-refractivity contribution in [1.29, 1.82) is 0 Å². The highest BCUT2D eigenvalue weighted by molar-refractivity contribution is 6.33. The molecule has 2 bridgehead atoms. The summed E-state index contributed by atoms with van der Waals surface area (Å²) in [7, 11) is 0. The second-order valence-electron chi connectivity index (χ2n) is 10.4. The van der Waals surface area contributed by atoms with E-state index in [0.717, 1.165) is 12.1 Å². The molecule has 0 aliphatic carbocycles. The maximum Gasteiger partial charge on any atom is 0.416 e. The second-order valence-corrected chi connectivity index (χ2v) is 10.8. The predicted molar refractivity (Wildman–Crippen MR) is 144 cm³/mol. The van der Waals surface area contributed by atoms with E-state index in [1.807, 2.05) is 13.8 Å². The molecule has 0 saturated carbocycles. The van der Waals surface area contributed by atoms with Crippen LogP contribution in [0.2, 0.25) is 5.02 Å². The van der Waals surface area contributed by atoms with Gasteiger partial charge in [-0.25, -0.2) is 19.7 Å². The molecule has 2 atom stereocenters. The number of nitrogens with zero attached hydrogens (tertiary/aromatic N) is 5. The SMILES string of the molecule is CC1(C)OCC(COc2cnc(NC(=O)N3c4nc(-c5cccc(C(F)(F)F)c5)c(Cl)cc4N4CCC3C4)nc2)O1. The zero-order valence-electron chi connectivity index (χ0n) is 22.1. The van der Waals surface area contributed by atoms with Crippen LogP contribution in [0, 0.1) is 0 Å². The quantitative estimate of drug-likeness (QED) is 0.423. The van der Waals surface area contributed by atoms with Crippen molar-refractivity contribution in [2.24, 2.45) is 0 Å². The number of halogens is 4. The van der Waals surface area contributed by atoms with Crippen LogP contribution in [-0.2, 0) is 15.7 Å². The number of urea groups is 1. The highest BCUT2D eigenvalue weighted by atomic mass is 35.5. The molecule has 6 rings (SSSR count). The fourth-order valence-corrected chi connectivity index (χ4v) is 5.43. The molecule has 2 aromatic heterocycles. The van der Waals surface area contributed by atoms with Gasteiger partial charge in [-0.3, -0.25) is 10.2 Å². The number of nitrogens with one attached hydrogen (secondary N) is 1. The maximum atomic E-state index is 13.5. The van der Waals surface area contributed by atoms with E-state index in [1.165, 1.54) is 29.4 Å². The molecule has 0 spiro atoms. The van der Waals surface area contributed by atoms with Crippen molar-refractivity contribution in [3.8, 4) is 17.0 Å². The average molecular weight is 591 g/mol. The molecule has 3 aromatic rings. The second kappa shape index (κ2) is 10.3. The molecular weight excluding hydrogens is 565 g/mol. The molecule has 1 aromatic carbocycles. The van der Waals surface area contributed by atoms with Crippen LogP contribution in [0.5, 0.6) is 5.75 Å². The van der Waals surface area contributed by atoms with Gasteiger partial charge in [-0.05, 0) is 38.5 Å². The Hall–Kier alpha value is -3.68. The normalized spacial score (nSPS) is 21.1. The van der Waals surface area contributed by atoms with Gasteiger partial charge < -0.3 is 19.1 Å². The number of aromatic nitrogens is 3. The smallest absolute Gasteiger partial charge is 0.416 e. The van der Waals surface area contributed by atoms with Gasteiger partial charge in [0.15, 0.2) is 17.4 Å². The van der Waals surface area contributed by atoms with Crippen molar-refractivity contribution in [3.63, 3.8) is 0 Å². The third-order valence-corrected chi connectivity index (χ3v) is 7.35. The Kier molecular flexibility index (Phi) is 6.91. The third kappa shape index (κ3) is 5.61. The summed E-state index contributed by atoms with van der Waals surface area (Å²) in [5, 5.41) is 2.88. The molecule has 2 fully saturated rings. The molecule has 2 amide bonds. The molecule has 41 heavy (non-hydrogen) atoms. The van der Waals surface area contributed by atoms with Crippen LogP contribution in [0.4, 0.5) is 35.4 Å². The molecule has 1 N–H and O–H groups in total. The summed E-state index contributed by atoms with van der Waals surface area (Å²) in [5.74, 6) is 0.0941. The van der Waals surface area contributed by atoms with Crippen LogP contribution in [0.3, 0.4) is 0 Å². The van der Waals surface area contributed by atoms with E-state index >= 15 is 0 Å². The number of carbonyl (C=O) groups excluding carboxylic acids is 1. The van der Waals surface area contributed by atoms with Crippen molar-refractivity contribution in [2.75, 3.05) is 41.4 Å². The molecular formula is C27H26ClF3N6O4. The minimum absolute atomic E-state index is 0.0537. The minimum Gasteiger partial charge on any atom is -0.488 e. The lowest BCUT2D eigenvalue weighted by Crippen LogP contribution is -2.48. The van der Waals surface area contributed by atoms with Gasteiger partial charge in [-0.2, -0.15) is 13.2 Å². The summed E-state index contributed by atoms with van der Waals surface area (Å²) >= 11 is 6.52. The number of carbonyl (C=O) groups is 1. The van der Waals surface area contributed by atoms with E-state index < -0.39 is 23.6 Å².